The Labute approximate surface area is 184 Å². The van der Waals surface area contributed by atoms with Crippen molar-refractivity contribution in [3.63, 3.8) is 0 Å². The number of sulfonamides is 1. The minimum Gasteiger partial charge on any atom is -0.497 e. The number of hydrogen-bond donors (Lipinski definition) is 1. The van der Waals surface area contributed by atoms with Gasteiger partial charge in [0, 0.05) is 24.7 Å². The van der Waals surface area contributed by atoms with Crippen LogP contribution in [-0.4, -0.2) is 38.3 Å². The van der Waals surface area contributed by atoms with Gasteiger partial charge in [0.05, 0.1) is 12.0 Å². The molecule has 2 fully saturated rings. The van der Waals surface area contributed by atoms with Gasteiger partial charge in [-0.2, -0.15) is 4.31 Å². The maximum atomic E-state index is 13.0. The lowest BCUT2D eigenvalue weighted by molar-refractivity contribution is 0.0923. The van der Waals surface area contributed by atoms with Crippen molar-refractivity contribution >= 4 is 15.9 Å². The maximum Gasteiger partial charge on any atom is 0.251 e. The molecule has 0 heterocycles. The molecular weight excluding hydrogens is 412 g/mol. The van der Waals surface area contributed by atoms with Crippen LogP contribution in [0.25, 0.3) is 0 Å². The van der Waals surface area contributed by atoms with Crippen LogP contribution in [0.5, 0.6) is 5.75 Å². The average molecular weight is 443 g/mol. The molecule has 3 atom stereocenters. The molecule has 0 aliphatic heterocycles. The Hall–Kier alpha value is -2.38. The third-order valence-electron chi connectivity index (χ3n) is 6.68. The van der Waals surface area contributed by atoms with E-state index in [0.717, 1.165) is 17.9 Å². The summed E-state index contributed by atoms with van der Waals surface area (Å²) >= 11 is 0. The number of nitrogens with zero attached hydrogens (tertiary/aromatic N) is 1. The predicted octanol–water partition coefficient (Wildman–Crippen LogP) is 3.82. The topological polar surface area (TPSA) is 75.7 Å². The lowest BCUT2D eigenvalue weighted by atomic mass is 9.95. The molecule has 1 amide bonds. The van der Waals surface area contributed by atoms with Crippen LogP contribution in [0, 0.1) is 11.8 Å². The molecule has 0 aromatic heterocycles. The van der Waals surface area contributed by atoms with Crippen LogP contribution in [0.1, 0.15) is 48.5 Å². The molecule has 2 saturated carbocycles. The van der Waals surface area contributed by atoms with Gasteiger partial charge in [0.1, 0.15) is 5.75 Å². The first kappa shape index (κ1) is 21.8. The van der Waals surface area contributed by atoms with Gasteiger partial charge in [0.15, 0.2) is 0 Å². The van der Waals surface area contributed by atoms with E-state index in [4.69, 9.17) is 4.74 Å². The van der Waals surface area contributed by atoms with E-state index < -0.39 is 10.0 Å². The van der Waals surface area contributed by atoms with Gasteiger partial charge in [-0.25, -0.2) is 8.42 Å². The molecule has 2 aromatic carbocycles. The van der Waals surface area contributed by atoms with Gasteiger partial charge in [-0.1, -0.05) is 25.5 Å². The zero-order chi connectivity index (χ0) is 22.0. The summed E-state index contributed by atoms with van der Waals surface area (Å²) in [6, 6.07) is 13.9. The summed E-state index contributed by atoms with van der Waals surface area (Å²) in [5.41, 5.74) is 1.46. The average Bonchev–Trinajstić information content (AvgIpc) is 3.41. The molecule has 2 aliphatic rings. The van der Waals surface area contributed by atoms with Crippen LogP contribution in [0.3, 0.4) is 0 Å². The van der Waals surface area contributed by atoms with Crippen molar-refractivity contribution in [3.05, 3.63) is 59.7 Å². The SMILES string of the molecule is CCN(Cc1ccc(C(=O)N[C@@H]2C[C@H]3CC[C@H]2C3)cc1)S(=O)(=O)c1ccc(OC)cc1. The summed E-state index contributed by atoms with van der Waals surface area (Å²) in [6.07, 6.45) is 4.88. The zero-order valence-corrected chi connectivity index (χ0v) is 18.9. The van der Waals surface area contributed by atoms with Crippen LogP contribution in [0.2, 0.25) is 0 Å². The molecule has 166 valence electrons. The number of amides is 1. The Morgan fingerprint density at radius 3 is 2.32 bits per heavy atom. The molecule has 6 nitrogen and oxygen atoms in total. The third kappa shape index (κ3) is 4.62. The van der Waals surface area contributed by atoms with E-state index in [2.05, 4.69) is 5.32 Å². The molecule has 2 aliphatic carbocycles. The number of nitrogens with one attached hydrogen (secondary N) is 1. The minimum atomic E-state index is -3.62. The summed E-state index contributed by atoms with van der Waals surface area (Å²) in [7, 11) is -2.08. The van der Waals surface area contributed by atoms with Crippen molar-refractivity contribution in [2.75, 3.05) is 13.7 Å². The Morgan fingerprint density at radius 2 is 1.77 bits per heavy atom. The molecule has 0 saturated heterocycles. The summed E-state index contributed by atoms with van der Waals surface area (Å²) in [5.74, 6) is 1.99. The molecule has 7 heteroatoms. The van der Waals surface area contributed by atoms with Crippen LogP contribution in [-0.2, 0) is 16.6 Å². The fourth-order valence-corrected chi connectivity index (χ4v) is 6.34. The Kier molecular flexibility index (Phi) is 6.34. The van der Waals surface area contributed by atoms with Crippen molar-refractivity contribution in [3.8, 4) is 5.75 Å². The van der Waals surface area contributed by atoms with E-state index in [-0.39, 0.29) is 17.3 Å². The fourth-order valence-electron chi connectivity index (χ4n) is 4.90. The van der Waals surface area contributed by atoms with E-state index in [9.17, 15) is 13.2 Å². The molecule has 2 bridgehead atoms. The molecule has 0 spiro atoms. The molecule has 0 unspecified atom stereocenters. The molecule has 31 heavy (non-hydrogen) atoms. The van der Waals surface area contributed by atoms with Gasteiger partial charge in [-0.05, 0) is 73.1 Å². The van der Waals surface area contributed by atoms with Crippen molar-refractivity contribution in [2.45, 2.75) is 50.1 Å². The largest absolute Gasteiger partial charge is 0.497 e. The van der Waals surface area contributed by atoms with Crippen LogP contribution in [0.4, 0.5) is 0 Å². The first-order chi connectivity index (χ1) is 14.9. The maximum absolute atomic E-state index is 13.0. The number of rotatable bonds is 8. The van der Waals surface area contributed by atoms with Crippen molar-refractivity contribution in [1.29, 1.82) is 0 Å². The van der Waals surface area contributed by atoms with Crippen LogP contribution >= 0.6 is 0 Å². The molecule has 2 aromatic rings. The van der Waals surface area contributed by atoms with Crippen LogP contribution < -0.4 is 10.1 Å². The number of carbonyl (C=O) groups excluding carboxylic acids is 1. The lowest BCUT2D eigenvalue weighted by Gasteiger charge is -2.23. The highest BCUT2D eigenvalue weighted by atomic mass is 32.2. The number of ether oxygens (including phenoxy) is 1. The van der Waals surface area contributed by atoms with Crippen LogP contribution in [0.15, 0.2) is 53.4 Å². The summed E-state index contributed by atoms with van der Waals surface area (Å²) in [4.78, 5) is 12.9. The van der Waals surface area contributed by atoms with E-state index in [1.165, 1.54) is 23.6 Å². The lowest BCUT2D eigenvalue weighted by Crippen LogP contribution is -2.38. The highest BCUT2D eigenvalue weighted by Gasteiger charge is 2.40. The van der Waals surface area contributed by atoms with E-state index in [1.54, 1.807) is 43.5 Å². The second-order valence-electron chi connectivity index (χ2n) is 8.56. The van der Waals surface area contributed by atoms with Gasteiger partial charge < -0.3 is 10.1 Å². The summed E-state index contributed by atoms with van der Waals surface area (Å²) < 4.78 is 32.6. The molecule has 4 rings (SSSR count). The molecule has 1 N–H and O–H groups in total. The van der Waals surface area contributed by atoms with Gasteiger partial charge in [0.25, 0.3) is 5.91 Å². The fraction of sp³-hybridized carbons (Fsp3) is 0.458. The van der Waals surface area contributed by atoms with E-state index in [0.29, 0.717) is 29.8 Å². The number of carbonyl (C=O) groups is 1. The van der Waals surface area contributed by atoms with Crippen molar-refractivity contribution < 1.29 is 17.9 Å². The first-order valence-corrected chi connectivity index (χ1v) is 12.4. The highest BCUT2D eigenvalue weighted by molar-refractivity contribution is 7.89. The quantitative estimate of drug-likeness (QED) is 0.674. The minimum absolute atomic E-state index is 0.0395. The van der Waals surface area contributed by atoms with Gasteiger partial charge in [-0.15, -0.1) is 0 Å². The van der Waals surface area contributed by atoms with Gasteiger partial charge in [0.2, 0.25) is 10.0 Å². The van der Waals surface area contributed by atoms with E-state index >= 15 is 0 Å². The second kappa shape index (κ2) is 9.01. The molecular formula is C24H30N2O4S. The number of benzene rings is 2. The summed E-state index contributed by atoms with van der Waals surface area (Å²) in [5, 5.41) is 3.20. The van der Waals surface area contributed by atoms with Crippen molar-refractivity contribution in [1.82, 2.24) is 9.62 Å². The number of fused-ring (bicyclic) bond motifs is 2. The number of hydrogen-bond acceptors (Lipinski definition) is 4. The Balaban J connectivity index is 1.41. The highest BCUT2D eigenvalue weighted by Crippen LogP contribution is 2.44. The second-order valence-corrected chi connectivity index (χ2v) is 10.5. The first-order valence-electron chi connectivity index (χ1n) is 10.9. The Morgan fingerprint density at radius 1 is 1.06 bits per heavy atom. The smallest absolute Gasteiger partial charge is 0.251 e. The molecule has 0 radical (unpaired) electrons. The Bertz CT molecular complexity index is 1020. The number of methoxy groups -OCH3 is 1. The zero-order valence-electron chi connectivity index (χ0n) is 18.1. The van der Waals surface area contributed by atoms with E-state index in [1.807, 2.05) is 19.1 Å². The van der Waals surface area contributed by atoms with Gasteiger partial charge >= 0.3 is 0 Å². The monoisotopic (exact) mass is 442 g/mol. The standard InChI is InChI=1S/C24H30N2O4S/c1-3-26(31(28,29)22-12-10-21(30-2)11-13-22)16-17-4-7-19(8-5-17)24(27)25-23-15-18-6-9-20(23)14-18/h4-5,7-8,10-13,18,20,23H,3,6,9,14-16H2,1-2H3,(H,25,27)/t18-,20-,23+/m0/s1. The normalized spacial score (nSPS) is 22.6. The van der Waals surface area contributed by atoms with Crippen molar-refractivity contribution in [2.24, 2.45) is 11.8 Å². The predicted molar refractivity (Wildman–Crippen MR) is 119 cm³/mol. The van der Waals surface area contributed by atoms with Gasteiger partial charge in [-0.3, -0.25) is 4.79 Å². The summed E-state index contributed by atoms with van der Waals surface area (Å²) in [6.45, 7) is 2.41. The third-order valence-corrected chi connectivity index (χ3v) is 8.61.